The molecule has 164 valence electrons. The van der Waals surface area contributed by atoms with Crippen molar-refractivity contribution in [1.82, 2.24) is 10.2 Å². The fraction of sp³-hybridized carbons (Fsp3) is 0.524. The lowest BCUT2D eigenvalue weighted by molar-refractivity contribution is -0.386. The van der Waals surface area contributed by atoms with Crippen molar-refractivity contribution < 1.29 is 19.2 Å². The Morgan fingerprint density at radius 2 is 2.03 bits per heavy atom. The van der Waals surface area contributed by atoms with Gasteiger partial charge >= 0.3 is 5.69 Å². The number of carbonyl (C=O) groups excluding carboxylic acids is 1. The number of carbonyl (C=O) groups is 1. The molecule has 2 rings (SSSR count). The zero-order valence-corrected chi connectivity index (χ0v) is 18.9. The van der Waals surface area contributed by atoms with E-state index in [0.29, 0.717) is 29.4 Å². The Hall–Kier alpha value is -2.68. The van der Waals surface area contributed by atoms with Crippen molar-refractivity contribution in [1.29, 1.82) is 0 Å². The number of hydrogen-bond donors (Lipinski definition) is 1. The van der Waals surface area contributed by atoms with Crippen LogP contribution in [-0.2, 0) is 4.79 Å². The van der Waals surface area contributed by atoms with E-state index in [9.17, 15) is 14.9 Å². The van der Waals surface area contributed by atoms with Gasteiger partial charge in [-0.25, -0.2) is 0 Å². The summed E-state index contributed by atoms with van der Waals surface area (Å²) in [5, 5.41) is 15.4. The van der Waals surface area contributed by atoms with Gasteiger partial charge in [-0.2, -0.15) is 0 Å². The molecule has 1 heterocycles. The normalized spacial score (nSPS) is 16.4. The summed E-state index contributed by atoms with van der Waals surface area (Å²) in [6.07, 6.45) is 2.53. The average Bonchev–Trinajstić information content (AvgIpc) is 2.70. The van der Waals surface area contributed by atoms with Gasteiger partial charge in [0.15, 0.2) is 16.6 Å². The van der Waals surface area contributed by atoms with Crippen LogP contribution in [0.5, 0.6) is 11.5 Å². The van der Waals surface area contributed by atoms with Crippen LogP contribution in [0.25, 0.3) is 0 Å². The largest absolute Gasteiger partial charge is 0.493 e. The molecule has 1 unspecified atom stereocenters. The molecule has 1 atom stereocenters. The SMILES string of the molecule is CCCCOc1c(OC)cc(C2NC(=S)N(CCC)C(C)=C2C(C)=O)cc1[N+](=O)[O-]. The molecule has 8 nitrogen and oxygen atoms in total. The molecule has 30 heavy (non-hydrogen) atoms. The number of nitrogens with zero attached hydrogens (tertiary/aromatic N) is 2. The third-order valence-electron chi connectivity index (χ3n) is 4.97. The van der Waals surface area contributed by atoms with Crippen LogP contribution in [0.2, 0.25) is 0 Å². The summed E-state index contributed by atoms with van der Waals surface area (Å²) in [5.74, 6) is 0.217. The molecule has 1 aliphatic heterocycles. The molecule has 0 spiro atoms. The van der Waals surface area contributed by atoms with Crippen molar-refractivity contribution >= 4 is 28.8 Å². The van der Waals surface area contributed by atoms with E-state index in [1.807, 2.05) is 25.7 Å². The van der Waals surface area contributed by atoms with Gasteiger partial charge < -0.3 is 19.7 Å². The van der Waals surface area contributed by atoms with Gasteiger partial charge in [0.2, 0.25) is 5.75 Å². The third kappa shape index (κ3) is 4.89. The Kier molecular flexibility index (Phi) is 8.16. The standard InChI is InChI=1S/C21H29N3O5S/c1-6-8-10-29-20-16(24(26)27)11-15(12-17(20)28-5)19-18(14(4)25)13(3)23(9-7-2)21(30)22-19/h11-12,19H,6-10H2,1-5H3,(H,22,30). The number of unbranched alkanes of at least 4 members (excludes halogenated alkanes) is 1. The van der Waals surface area contributed by atoms with Crippen LogP contribution in [0.3, 0.4) is 0 Å². The molecular formula is C21H29N3O5S. The summed E-state index contributed by atoms with van der Waals surface area (Å²) in [7, 11) is 1.43. The maximum Gasteiger partial charge on any atom is 0.315 e. The van der Waals surface area contributed by atoms with Gasteiger partial charge in [-0.3, -0.25) is 14.9 Å². The fourth-order valence-corrected chi connectivity index (χ4v) is 3.85. The van der Waals surface area contributed by atoms with Crippen molar-refractivity contribution in [3.05, 3.63) is 39.1 Å². The van der Waals surface area contributed by atoms with E-state index in [4.69, 9.17) is 21.7 Å². The maximum atomic E-state index is 12.5. The summed E-state index contributed by atoms with van der Waals surface area (Å²) in [5.41, 5.74) is 1.59. The molecule has 1 N–H and O–H groups in total. The first-order valence-electron chi connectivity index (χ1n) is 10.1. The van der Waals surface area contributed by atoms with E-state index in [1.54, 1.807) is 6.07 Å². The number of thiocarbonyl (C=S) groups is 1. The van der Waals surface area contributed by atoms with Crippen molar-refractivity contribution in [2.45, 2.75) is 53.0 Å². The van der Waals surface area contributed by atoms with E-state index in [-0.39, 0.29) is 23.0 Å². The van der Waals surface area contributed by atoms with Gasteiger partial charge in [-0.05, 0) is 50.5 Å². The molecule has 9 heteroatoms. The van der Waals surface area contributed by atoms with E-state index >= 15 is 0 Å². The highest BCUT2D eigenvalue weighted by Crippen LogP contribution is 2.42. The first-order valence-corrected chi connectivity index (χ1v) is 10.5. The highest BCUT2D eigenvalue weighted by molar-refractivity contribution is 7.80. The predicted octanol–water partition coefficient (Wildman–Crippen LogP) is 4.29. The number of hydrogen-bond acceptors (Lipinski definition) is 6. The second-order valence-electron chi connectivity index (χ2n) is 7.12. The molecule has 0 bridgehead atoms. The summed E-state index contributed by atoms with van der Waals surface area (Å²) in [4.78, 5) is 25.7. The lowest BCUT2D eigenvalue weighted by Gasteiger charge is -2.37. The summed E-state index contributed by atoms with van der Waals surface area (Å²) < 4.78 is 11.1. The van der Waals surface area contributed by atoms with Crippen LogP contribution in [0, 0.1) is 10.1 Å². The second kappa shape index (κ2) is 10.4. The van der Waals surface area contributed by atoms with Gasteiger partial charge in [-0.15, -0.1) is 0 Å². The Labute approximate surface area is 182 Å². The van der Waals surface area contributed by atoms with Crippen LogP contribution in [0.4, 0.5) is 5.69 Å². The van der Waals surface area contributed by atoms with Crippen molar-refractivity contribution in [3.8, 4) is 11.5 Å². The molecule has 1 aromatic carbocycles. The number of nitrogens with one attached hydrogen (secondary N) is 1. The molecule has 0 radical (unpaired) electrons. The number of Topliss-reactive ketones (excluding diaryl/α,β-unsaturated/α-hetero) is 1. The van der Waals surface area contributed by atoms with Crippen molar-refractivity contribution in [2.75, 3.05) is 20.3 Å². The van der Waals surface area contributed by atoms with E-state index < -0.39 is 11.0 Å². The summed E-state index contributed by atoms with van der Waals surface area (Å²) in [6, 6.07) is 2.48. The quantitative estimate of drug-likeness (QED) is 0.252. The number of ether oxygens (including phenoxy) is 2. The van der Waals surface area contributed by atoms with Crippen LogP contribution in [0.15, 0.2) is 23.4 Å². The number of rotatable bonds is 10. The summed E-state index contributed by atoms with van der Waals surface area (Å²) >= 11 is 5.51. The number of nitro benzene ring substituents is 1. The first-order chi connectivity index (χ1) is 14.3. The molecule has 0 saturated heterocycles. The molecular weight excluding hydrogens is 406 g/mol. The lowest BCUT2D eigenvalue weighted by Crippen LogP contribution is -2.47. The molecule has 0 amide bonds. The number of methoxy groups -OCH3 is 1. The van der Waals surface area contributed by atoms with Gasteiger partial charge in [0.1, 0.15) is 0 Å². The molecule has 0 aromatic heterocycles. The van der Waals surface area contributed by atoms with E-state index in [1.165, 1.54) is 20.1 Å². The molecule has 0 aliphatic carbocycles. The number of benzene rings is 1. The van der Waals surface area contributed by atoms with Gasteiger partial charge in [-0.1, -0.05) is 20.3 Å². The molecule has 0 fully saturated rings. The first kappa shape index (κ1) is 23.6. The second-order valence-corrected chi connectivity index (χ2v) is 7.51. The minimum atomic E-state index is -0.611. The minimum absolute atomic E-state index is 0.0933. The minimum Gasteiger partial charge on any atom is -0.493 e. The Morgan fingerprint density at radius 3 is 2.57 bits per heavy atom. The predicted molar refractivity (Wildman–Crippen MR) is 119 cm³/mol. The van der Waals surface area contributed by atoms with E-state index in [0.717, 1.165) is 25.0 Å². The third-order valence-corrected chi connectivity index (χ3v) is 5.31. The Balaban J connectivity index is 2.61. The van der Waals surface area contributed by atoms with Gasteiger partial charge in [0.05, 0.1) is 24.7 Å². The Morgan fingerprint density at radius 1 is 1.33 bits per heavy atom. The van der Waals surface area contributed by atoms with E-state index in [2.05, 4.69) is 5.32 Å². The summed E-state index contributed by atoms with van der Waals surface area (Å²) in [6.45, 7) is 8.40. The average molecular weight is 436 g/mol. The van der Waals surface area contributed by atoms with Crippen molar-refractivity contribution in [2.24, 2.45) is 0 Å². The van der Waals surface area contributed by atoms with Crippen LogP contribution in [-0.4, -0.2) is 41.0 Å². The van der Waals surface area contributed by atoms with Crippen LogP contribution in [0.1, 0.15) is 58.6 Å². The fourth-order valence-electron chi connectivity index (χ4n) is 3.51. The smallest absolute Gasteiger partial charge is 0.315 e. The number of nitro groups is 1. The molecule has 0 saturated carbocycles. The Bertz CT molecular complexity index is 868. The lowest BCUT2D eigenvalue weighted by atomic mass is 9.91. The van der Waals surface area contributed by atoms with Crippen LogP contribution < -0.4 is 14.8 Å². The zero-order chi connectivity index (χ0) is 22.4. The number of ketones is 1. The van der Waals surface area contributed by atoms with Gasteiger partial charge in [0, 0.05) is 23.9 Å². The maximum absolute atomic E-state index is 12.5. The molecule has 1 aromatic rings. The zero-order valence-electron chi connectivity index (χ0n) is 18.1. The van der Waals surface area contributed by atoms with Crippen LogP contribution >= 0.6 is 12.2 Å². The molecule has 1 aliphatic rings. The highest BCUT2D eigenvalue weighted by atomic mass is 32.1. The topological polar surface area (TPSA) is 93.9 Å². The monoisotopic (exact) mass is 435 g/mol. The number of allylic oxidation sites excluding steroid dienone is 1. The highest BCUT2D eigenvalue weighted by Gasteiger charge is 2.34. The van der Waals surface area contributed by atoms with Crippen molar-refractivity contribution in [3.63, 3.8) is 0 Å². The van der Waals surface area contributed by atoms with Gasteiger partial charge in [0.25, 0.3) is 0 Å².